The first-order valence-electron chi connectivity index (χ1n) is 9.38. The molecule has 0 radical (unpaired) electrons. The van der Waals surface area contributed by atoms with Crippen LogP contribution >= 0.6 is 12.6 Å². The Morgan fingerprint density at radius 1 is 0.759 bits per heavy atom. The number of ether oxygens (including phenoxy) is 1. The van der Waals surface area contributed by atoms with E-state index in [2.05, 4.69) is 49.4 Å². The van der Waals surface area contributed by atoms with E-state index in [0.717, 1.165) is 27.2 Å². The van der Waals surface area contributed by atoms with Gasteiger partial charge in [0.05, 0.1) is 11.0 Å². The minimum absolute atomic E-state index is 0.0321. The van der Waals surface area contributed by atoms with Crippen molar-refractivity contribution < 1.29 is 4.74 Å². The lowest BCUT2D eigenvalue weighted by atomic mass is 9.86. The highest BCUT2D eigenvalue weighted by Gasteiger charge is 2.20. The molecule has 0 atom stereocenters. The fourth-order valence-electron chi connectivity index (χ4n) is 2.78. The standard InChI is InChI=1S/C18H19N3O.C6H6S/c1-18(2,3)12-8-4-7-11-15(12)22-17-16(19)20-13-9-5-6-10-14(13)21-17;7-6-4-2-1-3-5-6/h4-11H,1-3H3,(H2,19,20);1-5,7H. The van der Waals surface area contributed by atoms with Gasteiger partial charge in [-0.05, 0) is 35.7 Å². The van der Waals surface area contributed by atoms with Crippen LogP contribution in [0.1, 0.15) is 26.3 Å². The van der Waals surface area contributed by atoms with Crippen LogP contribution in [0.3, 0.4) is 0 Å². The second kappa shape index (κ2) is 8.97. The van der Waals surface area contributed by atoms with E-state index < -0.39 is 0 Å². The molecule has 0 amide bonds. The number of para-hydroxylation sites is 3. The molecular formula is C24H25N3OS. The Kier molecular flexibility index (Phi) is 6.39. The van der Waals surface area contributed by atoms with Crippen molar-refractivity contribution in [2.24, 2.45) is 0 Å². The molecule has 0 bridgehead atoms. The van der Waals surface area contributed by atoms with Gasteiger partial charge >= 0.3 is 0 Å². The van der Waals surface area contributed by atoms with Gasteiger partial charge < -0.3 is 10.5 Å². The number of anilines is 1. The van der Waals surface area contributed by atoms with Crippen LogP contribution in [-0.2, 0) is 5.41 Å². The monoisotopic (exact) mass is 403 g/mol. The van der Waals surface area contributed by atoms with Crippen LogP contribution in [0.5, 0.6) is 11.6 Å². The second-order valence-electron chi connectivity index (χ2n) is 7.59. The summed E-state index contributed by atoms with van der Waals surface area (Å²) in [5.74, 6) is 1.39. The molecule has 5 heteroatoms. The van der Waals surface area contributed by atoms with Crippen molar-refractivity contribution in [3.8, 4) is 11.6 Å². The Balaban J connectivity index is 0.000000290. The van der Waals surface area contributed by atoms with Crippen molar-refractivity contribution in [1.82, 2.24) is 9.97 Å². The molecule has 0 aliphatic carbocycles. The molecule has 4 aromatic rings. The van der Waals surface area contributed by atoms with Crippen LogP contribution in [-0.4, -0.2) is 9.97 Å². The molecule has 0 fully saturated rings. The number of benzene rings is 3. The number of fused-ring (bicyclic) bond motifs is 1. The molecule has 148 valence electrons. The summed E-state index contributed by atoms with van der Waals surface area (Å²) in [6, 6.07) is 25.3. The normalized spacial score (nSPS) is 10.9. The molecule has 0 saturated heterocycles. The van der Waals surface area contributed by atoms with Crippen LogP contribution in [0, 0.1) is 0 Å². The zero-order chi connectivity index (χ0) is 20.9. The Morgan fingerprint density at radius 3 is 1.90 bits per heavy atom. The molecule has 2 N–H and O–H groups in total. The van der Waals surface area contributed by atoms with Gasteiger partial charge in [-0.3, -0.25) is 0 Å². The van der Waals surface area contributed by atoms with Gasteiger partial charge in [-0.15, -0.1) is 12.6 Å². The van der Waals surface area contributed by atoms with Crippen molar-refractivity contribution >= 4 is 29.5 Å². The van der Waals surface area contributed by atoms with Gasteiger partial charge in [-0.1, -0.05) is 69.3 Å². The third kappa shape index (κ3) is 5.48. The van der Waals surface area contributed by atoms with Gasteiger partial charge in [0.25, 0.3) is 5.88 Å². The van der Waals surface area contributed by atoms with E-state index in [4.69, 9.17) is 10.5 Å². The number of rotatable bonds is 2. The molecular weight excluding hydrogens is 378 g/mol. The number of thiol groups is 1. The molecule has 0 aliphatic rings. The molecule has 4 nitrogen and oxygen atoms in total. The third-order valence-electron chi connectivity index (χ3n) is 4.22. The molecule has 4 rings (SSSR count). The number of nitrogens with two attached hydrogens (primary N) is 1. The topological polar surface area (TPSA) is 61.0 Å². The van der Waals surface area contributed by atoms with Crippen LogP contribution < -0.4 is 10.5 Å². The third-order valence-corrected chi connectivity index (χ3v) is 4.52. The number of nitrogen functional groups attached to an aromatic ring is 1. The van der Waals surface area contributed by atoms with Crippen LogP contribution in [0.2, 0.25) is 0 Å². The Hall–Kier alpha value is -3.05. The minimum atomic E-state index is -0.0321. The first kappa shape index (κ1) is 20.7. The summed E-state index contributed by atoms with van der Waals surface area (Å²) < 4.78 is 5.98. The summed E-state index contributed by atoms with van der Waals surface area (Å²) in [5.41, 5.74) is 8.59. The van der Waals surface area contributed by atoms with E-state index in [9.17, 15) is 0 Å². The van der Waals surface area contributed by atoms with E-state index in [-0.39, 0.29) is 5.41 Å². The number of hydrogen-bond acceptors (Lipinski definition) is 5. The quantitative estimate of drug-likeness (QED) is 0.387. The zero-order valence-electron chi connectivity index (χ0n) is 16.8. The molecule has 0 saturated carbocycles. The highest BCUT2D eigenvalue weighted by molar-refractivity contribution is 7.80. The van der Waals surface area contributed by atoms with Crippen molar-refractivity contribution in [2.75, 3.05) is 5.73 Å². The van der Waals surface area contributed by atoms with E-state index >= 15 is 0 Å². The average molecular weight is 404 g/mol. The van der Waals surface area contributed by atoms with Gasteiger partial charge in [0.1, 0.15) is 5.75 Å². The lowest BCUT2D eigenvalue weighted by molar-refractivity contribution is 0.442. The zero-order valence-corrected chi connectivity index (χ0v) is 17.7. The molecule has 3 aromatic carbocycles. The van der Waals surface area contributed by atoms with Gasteiger partial charge in [0.2, 0.25) is 0 Å². The van der Waals surface area contributed by atoms with Gasteiger partial charge in [0, 0.05) is 10.5 Å². The highest BCUT2D eigenvalue weighted by Crippen LogP contribution is 2.35. The highest BCUT2D eigenvalue weighted by atomic mass is 32.1. The maximum absolute atomic E-state index is 6.00. The van der Waals surface area contributed by atoms with Crippen LogP contribution in [0.25, 0.3) is 11.0 Å². The van der Waals surface area contributed by atoms with Gasteiger partial charge in [0.15, 0.2) is 5.82 Å². The lowest BCUT2D eigenvalue weighted by Crippen LogP contribution is -2.12. The largest absolute Gasteiger partial charge is 0.436 e. The lowest BCUT2D eigenvalue weighted by Gasteiger charge is -2.22. The van der Waals surface area contributed by atoms with Gasteiger partial charge in [-0.25, -0.2) is 9.97 Å². The SMILES string of the molecule is CC(C)(C)c1ccccc1Oc1nc2ccccc2nc1N.Sc1ccccc1. The summed E-state index contributed by atoms with van der Waals surface area (Å²) >= 11 is 4.08. The van der Waals surface area contributed by atoms with E-state index in [1.54, 1.807) is 0 Å². The summed E-state index contributed by atoms with van der Waals surface area (Å²) in [6.45, 7) is 6.43. The molecule has 0 spiro atoms. The number of nitrogens with zero attached hydrogens (tertiary/aromatic N) is 2. The van der Waals surface area contributed by atoms with Gasteiger partial charge in [-0.2, -0.15) is 0 Å². The van der Waals surface area contributed by atoms with Crippen molar-refractivity contribution in [2.45, 2.75) is 31.1 Å². The summed E-state index contributed by atoms with van der Waals surface area (Å²) in [7, 11) is 0. The van der Waals surface area contributed by atoms with Crippen LogP contribution in [0.4, 0.5) is 5.82 Å². The Labute approximate surface area is 177 Å². The van der Waals surface area contributed by atoms with E-state index in [1.807, 2.05) is 72.8 Å². The van der Waals surface area contributed by atoms with Crippen molar-refractivity contribution in [1.29, 1.82) is 0 Å². The molecule has 1 aromatic heterocycles. The van der Waals surface area contributed by atoms with E-state index in [0.29, 0.717) is 11.7 Å². The summed E-state index contributed by atoms with van der Waals surface area (Å²) in [4.78, 5) is 9.85. The molecule has 1 heterocycles. The molecule has 0 aliphatic heterocycles. The number of aromatic nitrogens is 2. The Bertz CT molecular complexity index is 1090. The summed E-state index contributed by atoms with van der Waals surface area (Å²) in [5, 5.41) is 0. The first-order valence-corrected chi connectivity index (χ1v) is 9.83. The van der Waals surface area contributed by atoms with Crippen molar-refractivity contribution in [3.05, 3.63) is 84.4 Å². The smallest absolute Gasteiger partial charge is 0.263 e. The maximum Gasteiger partial charge on any atom is 0.263 e. The summed E-state index contributed by atoms with van der Waals surface area (Å²) in [6.07, 6.45) is 0. The molecule has 29 heavy (non-hydrogen) atoms. The first-order chi connectivity index (χ1) is 13.8. The average Bonchev–Trinajstić information content (AvgIpc) is 2.69. The predicted octanol–water partition coefficient (Wildman–Crippen LogP) is 6.28. The van der Waals surface area contributed by atoms with Crippen molar-refractivity contribution in [3.63, 3.8) is 0 Å². The van der Waals surface area contributed by atoms with Crippen LogP contribution in [0.15, 0.2) is 83.8 Å². The fraction of sp³-hybridized carbons (Fsp3) is 0.167. The maximum atomic E-state index is 6.00. The predicted molar refractivity (Wildman–Crippen MR) is 123 cm³/mol. The van der Waals surface area contributed by atoms with E-state index in [1.165, 1.54) is 0 Å². The second-order valence-corrected chi connectivity index (χ2v) is 8.10. The minimum Gasteiger partial charge on any atom is -0.436 e. The number of hydrogen-bond donors (Lipinski definition) is 2. The Morgan fingerprint density at radius 2 is 1.31 bits per heavy atom. The fourth-order valence-corrected chi connectivity index (χ4v) is 2.95. The molecule has 0 unspecified atom stereocenters.